The molecule has 136 valence electrons. The zero-order valence-corrected chi connectivity index (χ0v) is 16.0. The first kappa shape index (κ1) is 21.4. The highest BCUT2D eigenvalue weighted by Crippen LogP contribution is 2.17. The van der Waals surface area contributed by atoms with Gasteiger partial charge in [0.2, 0.25) is 5.91 Å². The number of halogens is 2. The number of carbonyl (C=O) groups excluding carboxylic acids is 1. The molecule has 1 aromatic carbocycles. The van der Waals surface area contributed by atoms with E-state index in [0.29, 0.717) is 13.1 Å². The largest absolute Gasteiger partial charge is 0.332 e. The van der Waals surface area contributed by atoms with Gasteiger partial charge >= 0.3 is 0 Å². The van der Waals surface area contributed by atoms with Crippen molar-refractivity contribution in [3.05, 3.63) is 65.5 Å². The Morgan fingerprint density at radius 1 is 1.20 bits per heavy atom. The van der Waals surface area contributed by atoms with Gasteiger partial charge in [-0.05, 0) is 37.6 Å². The number of hydrogen-bond acceptors (Lipinski definition) is 3. The standard InChI is InChI=1S/C19H23N3O.2ClH/c1-15-5-4-6-16(11-15)13-22(14-18-7-2-3-9-21-18)19(23)17-8-10-20-12-17;;/h2-7,9,11,17,20H,8,10,12-14H2,1H3;2*1H. The Morgan fingerprint density at radius 2 is 2.04 bits per heavy atom. The first-order chi connectivity index (χ1) is 11.2. The fourth-order valence-electron chi connectivity index (χ4n) is 3.05. The van der Waals surface area contributed by atoms with E-state index in [1.807, 2.05) is 29.2 Å². The van der Waals surface area contributed by atoms with Gasteiger partial charge in [-0.2, -0.15) is 0 Å². The van der Waals surface area contributed by atoms with Gasteiger partial charge in [0.05, 0.1) is 18.2 Å². The molecule has 1 aromatic heterocycles. The lowest BCUT2D eigenvalue weighted by atomic mass is 10.1. The third kappa shape index (κ3) is 5.99. The molecule has 25 heavy (non-hydrogen) atoms. The summed E-state index contributed by atoms with van der Waals surface area (Å²) in [6.07, 6.45) is 2.70. The van der Waals surface area contributed by atoms with E-state index < -0.39 is 0 Å². The molecule has 1 amide bonds. The molecule has 0 spiro atoms. The lowest BCUT2D eigenvalue weighted by molar-refractivity contribution is -0.136. The maximum atomic E-state index is 12.9. The summed E-state index contributed by atoms with van der Waals surface area (Å²) in [6.45, 7) is 4.98. The summed E-state index contributed by atoms with van der Waals surface area (Å²) in [5.41, 5.74) is 3.31. The van der Waals surface area contributed by atoms with Crippen molar-refractivity contribution in [2.75, 3.05) is 13.1 Å². The number of hydrogen-bond donors (Lipinski definition) is 1. The summed E-state index contributed by atoms with van der Waals surface area (Å²) in [5.74, 6) is 0.311. The molecule has 1 aliphatic rings. The van der Waals surface area contributed by atoms with Gasteiger partial charge in [0.25, 0.3) is 0 Å². The Hall–Kier alpha value is -1.62. The van der Waals surface area contributed by atoms with Gasteiger partial charge in [0.1, 0.15) is 0 Å². The highest BCUT2D eigenvalue weighted by atomic mass is 35.5. The number of benzene rings is 1. The van der Waals surface area contributed by atoms with Crippen molar-refractivity contribution in [2.45, 2.75) is 26.4 Å². The smallest absolute Gasteiger partial charge is 0.227 e. The minimum atomic E-state index is 0. The number of aryl methyl sites for hydroxylation is 1. The molecule has 1 fully saturated rings. The SMILES string of the molecule is Cc1cccc(CN(Cc2ccccn2)C(=O)C2CCNC2)c1.Cl.Cl. The third-order valence-electron chi connectivity index (χ3n) is 4.26. The fraction of sp³-hybridized carbons (Fsp3) is 0.368. The number of pyridine rings is 1. The van der Waals surface area contributed by atoms with E-state index in [1.54, 1.807) is 6.20 Å². The predicted octanol–water partition coefficient (Wildman–Crippen LogP) is 3.37. The molecule has 0 bridgehead atoms. The van der Waals surface area contributed by atoms with Crippen LogP contribution in [0, 0.1) is 12.8 Å². The third-order valence-corrected chi connectivity index (χ3v) is 4.26. The number of nitrogens with zero attached hydrogens (tertiary/aromatic N) is 2. The normalized spacial score (nSPS) is 15.8. The number of rotatable bonds is 5. The Balaban J connectivity index is 0.00000156. The summed E-state index contributed by atoms with van der Waals surface area (Å²) in [7, 11) is 0. The van der Waals surface area contributed by atoms with Crippen LogP contribution >= 0.6 is 24.8 Å². The molecule has 0 aliphatic carbocycles. The van der Waals surface area contributed by atoms with Crippen LogP contribution in [0.15, 0.2) is 48.7 Å². The van der Waals surface area contributed by atoms with Crippen LogP contribution in [0.4, 0.5) is 0 Å². The molecule has 2 heterocycles. The second-order valence-corrected chi connectivity index (χ2v) is 6.19. The van der Waals surface area contributed by atoms with Crippen LogP contribution in [0.3, 0.4) is 0 Å². The van der Waals surface area contributed by atoms with Gasteiger partial charge in [-0.15, -0.1) is 24.8 Å². The Morgan fingerprint density at radius 3 is 2.68 bits per heavy atom. The summed E-state index contributed by atoms with van der Waals surface area (Å²) >= 11 is 0. The minimum absolute atomic E-state index is 0. The summed E-state index contributed by atoms with van der Waals surface area (Å²) in [5, 5.41) is 3.28. The zero-order chi connectivity index (χ0) is 16.1. The number of carbonyl (C=O) groups is 1. The molecule has 3 rings (SSSR count). The summed E-state index contributed by atoms with van der Waals surface area (Å²) < 4.78 is 0. The average molecular weight is 382 g/mol. The van der Waals surface area contributed by atoms with Crippen molar-refractivity contribution in [3.63, 3.8) is 0 Å². The molecule has 1 atom stereocenters. The van der Waals surface area contributed by atoms with Crippen LogP contribution in [0.2, 0.25) is 0 Å². The van der Waals surface area contributed by atoms with Gasteiger partial charge in [0, 0.05) is 19.3 Å². The molecular weight excluding hydrogens is 357 g/mol. The second-order valence-electron chi connectivity index (χ2n) is 6.19. The van der Waals surface area contributed by atoms with Crippen molar-refractivity contribution >= 4 is 30.7 Å². The van der Waals surface area contributed by atoms with Crippen LogP contribution in [0.25, 0.3) is 0 Å². The summed E-state index contributed by atoms with van der Waals surface area (Å²) in [4.78, 5) is 19.2. The first-order valence-corrected chi connectivity index (χ1v) is 8.17. The number of aromatic nitrogens is 1. The van der Waals surface area contributed by atoms with Gasteiger partial charge in [-0.25, -0.2) is 0 Å². The Labute approximate surface area is 161 Å². The highest BCUT2D eigenvalue weighted by molar-refractivity contribution is 5.85. The average Bonchev–Trinajstić information content (AvgIpc) is 3.09. The quantitative estimate of drug-likeness (QED) is 0.863. The fourth-order valence-corrected chi connectivity index (χ4v) is 3.05. The lowest BCUT2D eigenvalue weighted by Crippen LogP contribution is -2.36. The van der Waals surface area contributed by atoms with Crippen molar-refractivity contribution in [1.29, 1.82) is 0 Å². The lowest BCUT2D eigenvalue weighted by Gasteiger charge is -2.25. The molecule has 6 heteroatoms. The van der Waals surface area contributed by atoms with E-state index >= 15 is 0 Å². The molecule has 0 saturated carbocycles. The maximum absolute atomic E-state index is 12.9. The van der Waals surface area contributed by atoms with Crippen LogP contribution in [0.1, 0.15) is 23.2 Å². The predicted molar refractivity (Wildman–Crippen MR) is 105 cm³/mol. The van der Waals surface area contributed by atoms with Gasteiger partial charge in [-0.1, -0.05) is 35.9 Å². The Bertz CT molecular complexity index is 661. The summed E-state index contributed by atoms with van der Waals surface area (Å²) in [6, 6.07) is 14.2. The van der Waals surface area contributed by atoms with Crippen molar-refractivity contribution in [2.24, 2.45) is 5.92 Å². The van der Waals surface area contributed by atoms with Crippen LogP contribution in [-0.2, 0) is 17.9 Å². The molecule has 1 unspecified atom stereocenters. The van der Waals surface area contributed by atoms with Gasteiger partial charge < -0.3 is 10.2 Å². The topological polar surface area (TPSA) is 45.2 Å². The van der Waals surface area contributed by atoms with Crippen molar-refractivity contribution in [1.82, 2.24) is 15.2 Å². The van der Waals surface area contributed by atoms with Crippen LogP contribution in [0.5, 0.6) is 0 Å². The molecule has 1 aliphatic heterocycles. The van der Waals surface area contributed by atoms with E-state index in [4.69, 9.17) is 0 Å². The molecule has 2 aromatic rings. The van der Waals surface area contributed by atoms with E-state index in [-0.39, 0.29) is 36.6 Å². The molecule has 0 radical (unpaired) electrons. The van der Waals surface area contributed by atoms with Gasteiger partial charge in [-0.3, -0.25) is 9.78 Å². The van der Waals surface area contributed by atoms with E-state index in [1.165, 1.54) is 11.1 Å². The van der Waals surface area contributed by atoms with Crippen molar-refractivity contribution < 1.29 is 4.79 Å². The van der Waals surface area contributed by atoms with E-state index in [2.05, 4.69) is 35.4 Å². The van der Waals surface area contributed by atoms with Crippen LogP contribution in [-0.4, -0.2) is 28.9 Å². The first-order valence-electron chi connectivity index (χ1n) is 8.17. The highest BCUT2D eigenvalue weighted by Gasteiger charge is 2.27. The maximum Gasteiger partial charge on any atom is 0.227 e. The van der Waals surface area contributed by atoms with Crippen molar-refractivity contribution in [3.8, 4) is 0 Å². The zero-order valence-electron chi connectivity index (χ0n) is 14.4. The Kier molecular flexibility index (Phi) is 8.90. The van der Waals surface area contributed by atoms with Crippen LogP contribution < -0.4 is 5.32 Å². The minimum Gasteiger partial charge on any atom is -0.332 e. The number of nitrogens with one attached hydrogen (secondary N) is 1. The second kappa shape index (κ2) is 10.4. The molecule has 1 N–H and O–H groups in total. The van der Waals surface area contributed by atoms with Gasteiger partial charge in [0.15, 0.2) is 0 Å². The van der Waals surface area contributed by atoms with E-state index in [9.17, 15) is 4.79 Å². The molecule has 1 saturated heterocycles. The molecule has 4 nitrogen and oxygen atoms in total. The number of amides is 1. The van der Waals surface area contributed by atoms with E-state index in [0.717, 1.165) is 25.2 Å². The monoisotopic (exact) mass is 381 g/mol. The molecular formula is C19H25Cl2N3O.